The minimum Gasteiger partial charge on any atom is -0.252 e. The number of hydrogen-bond donors (Lipinski definition) is 0. The molecule has 2 saturated carbocycles. The van der Waals surface area contributed by atoms with E-state index in [4.69, 9.17) is 9.97 Å². The van der Waals surface area contributed by atoms with Crippen LogP contribution in [0.15, 0.2) is 60.7 Å². The van der Waals surface area contributed by atoms with Gasteiger partial charge in [0.25, 0.3) is 0 Å². The molecule has 0 atom stereocenters. The van der Waals surface area contributed by atoms with Crippen molar-refractivity contribution in [1.82, 2.24) is 9.97 Å². The Bertz CT molecular complexity index is 1120. The Hall–Kier alpha value is -2.22. The van der Waals surface area contributed by atoms with Gasteiger partial charge in [-0.05, 0) is 101 Å². The van der Waals surface area contributed by atoms with Gasteiger partial charge in [-0.25, -0.2) is 0 Å². The molecular formula is C30H24FeN2+2. The molecule has 2 aliphatic rings. The minimum atomic E-state index is 0. The average Bonchev–Trinajstić information content (AvgIpc) is 3.53. The molecule has 0 spiro atoms. The van der Waals surface area contributed by atoms with Crippen molar-refractivity contribution in [1.29, 1.82) is 0 Å². The summed E-state index contributed by atoms with van der Waals surface area (Å²) in [5, 5.41) is 2.41. The van der Waals surface area contributed by atoms with Crippen molar-refractivity contribution >= 4 is 21.8 Å². The predicted molar refractivity (Wildman–Crippen MR) is 132 cm³/mol. The third-order valence-corrected chi connectivity index (χ3v) is 5.70. The van der Waals surface area contributed by atoms with Crippen LogP contribution in [-0.2, 0) is 17.1 Å². The first-order valence-corrected chi connectivity index (χ1v) is 10.9. The summed E-state index contributed by atoms with van der Waals surface area (Å²) in [5.74, 6) is 2.39. The van der Waals surface area contributed by atoms with E-state index in [2.05, 4.69) is 75.9 Å². The van der Waals surface area contributed by atoms with E-state index in [1.54, 1.807) is 0 Å². The molecule has 4 aromatic rings. The SMILES string of the molecule is Cc1cc2ccccc2nc1[C]1[CH][CH][CH][CH]1.Cc1cc2ccccc2nc1[C]1[CH][CH][CH][CH]1.[Fe+2]. The molecule has 2 aliphatic carbocycles. The monoisotopic (exact) mass is 468 g/mol. The Morgan fingerprint density at radius 2 is 0.879 bits per heavy atom. The quantitative estimate of drug-likeness (QED) is 0.310. The van der Waals surface area contributed by atoms with Crippen molar-refractivity contribution in [3.63, 3.8) is 0 Å². The van der Waals surface area contributed by atoms with Gasteiger partial charge in [0.05, 0.1) is 22.4 Å². The first-order valence-electron chi connectivity index (χ1n) is 10.9. The summed E-state index contributed by atoms with van der Waals surface area (Å²) in [6.07, 6.45) is 16.6. The van der Waals surface area contributed by atoms with Gasteiger partial charge in [0.1, 0.15) is 0 Å². The molecule has 2 nitrogen and oxygen atoms in total. The molecule has 0 N–H and O–H groups in total. The van der Waals surface area contributed by atoms with Crippen LogP contribution in [0.4, 0.5) is 0 Å². The van der Waals surface area contributed by atoms with Crippen LogP contribution < -0.4 is 0 Å². The predicted octanol–water partition coefficient (Wildman–Crippen LogP) is 6.59. The zero-order chi connectivity index (χ0) is 21.9. The molecule has 33 heavy (non-hydrogen) atoms. The normalized spacial score (nSPS) is 16.5. The second kappa shape index (κ2) is 10.8. The maximum atomic E-state index is 4.72. The Labute approximate surface area is 208 Å². The zero-order valence-electron chi connectivity index (χ0n) is 18.6. The summed E-state index contributed by atoms with van der Waals surface area (Å²) < 4.78 is 0. The Morgan fingerprint density at radius 3 is 1.27 bits per heavy atom. The third kappa shape index (κ3) is 5.31. The smallest absolute Gasteiger partial charge is 0.252 e. The van der Waals surface area contributed by atoms with Gasteiger partial charge in [-0.3, -0.25) is 9.97 Å². The largest absolute Gasteiger partial charge is 2.00 e. The fourth-order valence-electron chi connectivity index (χ4n) is 4.09. The van der Waals surface area contributed by atoms with Crippen LogP contribution in [0.5, 0.6) is 0 Å². The number of benzene rings is 2. The van der Waals surface area contributed by atoms with E-state index in [1.165, 1.54) is 33.7 Å². The van der Waals surface area contributed by atoms with E-state index in [9.17, 15) is 0 Å². The van der Waals surface area contributed by atoms with Crippen molar-refractivity contribution in [3.8, 4) is 0 Å². The summed E-state index contributed by atoms with van der Waals surface area (Å²) in [6.45, 7) is 4.23. The number of aryl methyl sites for hydroxylation is 2. The van der Waals surface area contributed by atoms with Crippen molar-refractivity contribution in [3.05, 3.63) is 146 Å². The van der Waals surface area contributed by atoms with Gasteiger partial charge in [-0.2, -0.15) is 0 Å². The zero-order valence-corrected chi connectivity index (χ0v) is 19.7. The van der Waals surface area contributed by atoms with E-state index in [-0.39, 0.29) is 17.1 Å². The molecule has 160 valence electrons. The maximum Gasteiger partial charge on any atom is 2.00 e. The van der Waals surface area contributed by atoms with Crippen LogP contribution >= 0.6 is 0 Å². The number of hydrogen-bond acceptors (Lipinski definition) is 2. The molecule has 2 aromatic carbocycles. The Morgan fingerprint density at radius 1 is 0.515 bits per heavy atom. The molecule has 10 radical (unpaired) electrons. The molecule has 2 aromatic heterocycles. The van der Waals surface area contributed by atoms with E-state index < -0.39 is 0 Å². The molecule has 2 heterocycles. The third-order valence-electron chi connectivity index (χ3n) is 5.70. The van der Waals surface area contributed by atoms with Crippen LogP contribution in [0, 0.1) is 77.0 Å². The number of para-hydroxylation sites is 2. The molecule has 6 rings (SSSR count). The van der Waals surface area contributed by atoms with Crippen molar-refractivity contribution in [2.24, 2.45) is 0 Å². The Balaban J connectivity index is 0.000000152. The molecule has 0 bridgehead atoms. The molecule has 0 unspecified atom stereocenters. The van der Waals surface area contributed by atoms with E-state index >= 15 is 0 Å². The van der Waals surface area contributed by atoms with Gasteiger partial charge in [-0.15, -0.1) is 0 Å². The topological polar surface area (TPSA) is 25.8 Å². The second-order valence-electron chi connectivity index (χ2n) is 8.04. The number of pyridine rings is 2. The molecule has 0 saturated heterocycles. The number of rotatable bonds is 2. The first-order chi connectivity index (χ1) is 15.7. The minimum absolute atomic E-state index is 0. The summed E-state index contributed by atoms with van der Waals surface area (Å²) in [4.78, 5) is 9.43. The van der Waals surface area contributed by atoms with E-state index in [0.717, 1.165) is 22.4 Å². The summed E-state index contributed by atoms with van der Waals surface area (Å²) in [6, 6.07) is 20.9. The molecular weight excluding hydrogens is 444 g/mol. The van der Waals surface area contributed by atoms with Gasteiger partial charge in [-0.1, -0.05) is 36.4 Å². The van der Waals surface area contributed by atoms with Crippen LogP contribution in [0.3, 0.4) is 0 Å². The molecule has 3 heteroatoms. The fourth-order valence-corrected chi connectivity index (χ4v) is 4.09. The second-order valence-corrected chi connectivity index (χ2v) is 8.04. The molecule has 0 aliphatic heterocycles. The van der Waals surface area contributed by atoms with Gasteiger partial charge < -0.3 is 0 Å². The van der Waals surface area contributed by atoms with Crippen LogP contribution in [0.1, 0.15) is 22.5 Å². The standard InChI is InChI=1S/2C15H12N.Fe/c2*1-11-10-13-8-4-5-9-14(13)16-15(11)12-6-2-3-7-12;/h2*2-10H,1H3;/q;;+2. The number of nitrogens with zero attached hydrogens (tertiary/aromatic N) is 2. The number of fused-ring (bicyclic) bond motifs is 2. The van der Waals surface area contributed by atoms with Crippen LogP contribution in [-0.4, -0.2) is 9.97 Å². The van der Waals surface area contributed by atoms with Gasteiger partial charge in [0, 0.05) is 22.6 Å². The van der Waals surface area contributed by atoms with Crippen molar-refractivity contribution < 1.29 is 17.1 Å². The Kier molecular flexibility index (Phi) is 7.83. The van der Waals surface area contributed by atoms with Gasteiger partial charge >= 0.3 is 17.1 Å². The first kappa shape index (κ1) is 23.9. The molecule has 2 fully saturated rings. The fraction of sp³-hybridized carbons (Fsp3) is 0.0667. The average molecular weight is 468 g/mol. The van der Waals surface area contributed by atoms with Crippen molar-refractivity contribution in [2.75, 3.05) is 0 Å². The van der Waals surface area contributed by atoms with Gasteiger partial charge in [0.2, 0.25) is 0 Å². The summed E-state index contributed by atoms with van der Waals surface area (Å²) in [7, 11) is 0. The van der Waals surface area contributed by atoms with Gasteiger partial charge in [0.15, 0.2) is 0 Å². The summed E-state index contributed by atoms with van der Waals surface area (Å²) >= 11 is 0. The van der Waals surface area contributed by atoms with Crippen LogP contribution in [0.25, 0.3) is 21.8 Å². The molecule has 0 amide bonds. The number of aromatic nitrogens is 2. The van der Waals surface area contributed by atoms with Crippen molar-refractivity contribution in [2.45, 2.75) is 13.8 Å². The van der Waals surface area contributed by atoms with Crippen LogP contribution in [0.2, 0.25) is 0 Å². The van der Waals surface area contributed by atoms with E-state index in [0.29, 0.717) is 0 Å². The summed E-state index contributed by atoms with van der Waals surface area (Å²) in [5.41, 5.74) is 6.75. The van der Waals surface area contributed by atoms with E-state index in [1.807, 2.05) is 49.9 Å². The maximum absolute atomic E-state index is 4.72.